The molecule has 2 aromatic carbocycles. The maximum Gasteiger partial charge on any atom is 0.456 e. The van der Waals surface area contributed by atoms with Crippen molar-refractivity contribution < 1.29 is 45.8 Å². The van der Waals surface area contributed by atoms with Crippen molar-refractivity contribution in [1.29, 1.82) is 0 Å². The predicted molar refractivity (Wildman–Crippen MR) is 153 cm³/mol. The number of nitrogens with one attached hydrogen (secondary N) is 1. The highest BCUT2D eigenvalue weighted by molar-refractivity contribution is 5.93. The molecule has 2 fully saturated rings. The molecule has 0 saturated heterocycles. The van der Waals surface area contributed by atoms with E-state index in [4.69, 9.17) is 4.74 Å². The van der Waals surface area contributed by atoms with E-state index >= 15 is 8.78 Å². The van der Waals surface area contributed by atoms with E-state index in [-0.39, 0.29) is 31.1 Å². The first-order valence-corrected chi connectivity index (χ1v) is 15.1. The second kappa shape index (κ2) is 11.0. The molecule has 0 radical (unpaired) electrons. The molecular formula is C34H33F6NO4. The van der Waals surface area contributed by atoms with Crippen LogP contribution in [0.25, 0.3) is 0 Å². The lowest BCUT2D eigenvalue weighted by Crippen LogP contribution is -2.65. The summed E-state index contributed by atoms with van der Waals surface area (Å²) in [7, 11) is 0. The van der Waals surface area contributed by atoms with E-state index in [1.165, 1.54) is 31.2 Å². The number of benzene rings is 2. The van der Waals surface area contributed by atoms with E-state index in [0.717, 1.165) is 16.7 Å². The predicted octanol–water partition coefficient (Wildman–Crippen LogP) is 8.40. The van der Waals surface area contributed by atoms with Gasteiger partial charge >= 0.3 is 18.2 Å². The van der Waals surface area contributed by atoms with Gasteiger partial charge in [-0.15, -0.1) is 0 Å². The van der Waals surface area contributed by atoms with Gasteiger partial charge in [-0.1, -0.05) is 36.8 Å². The van der Waals surface area contributed by atoms with E-state index in [9.17, 15) is 32.3 Å². The lowest BCUT2D eigenvalue weighted by atomic mass is 9.50. The standard InChI is InChI=1S/C34H33F6NO4/c1-31-17-27(20-4-2-19(3-5-20)18-45-30(43)41-23-9-7-22(35)8-10-23)29-25-13-11-24(42)16-21(25)6-12-26(29)28(31)14-15-32(31,44)33(36,37)34(38,39)40/h2-5,7-10,16,26-28,44H,6,11-15,17-18H2,1H3,(H,41,43)/t26-,27+,28-,31-,32-/m0/s1. The molecule has 45 heavy (non-hydrogen) atoms. The Morgan fingerprint density at radius 3 is 2.36 bits per heavy atom. The number of alkyl halides is 5. The Morgan fingerprint density at radius 2 is 1.69 bits per heavy atom. The molecule has 4 aliphatic carbocycles. The van der Waals surface area contributed by atoms with Gasteiger partial charge in [0.05, 0.1) is 0 Å². The van der Waals surface area contributed by atoms with Gasteiger partial charge in [0.25, 0.3) is 0 Å². The molecule has 0 bridgehead atoms. The zero-order valence-corrected chi connectivity index (χ0v) is 24.5. The first-order chi connectivity index (χ1) is 21.1. The van der Waals surface area contributed by atoms with E-state index in [0.29, 0.717) is 42.5 Å². The number of rotatable bonds is 5. The van der Waals surface area contributed by atoms with Crippen molar-refractivity contribution in [2.75, 3.05) is 5.32 Å². The number of ether oxygens (including phenoxy) is 1. The zero-order valence-electron chi connectivity index (χ0n) is 24.5. The molecule has 0 aromatic heterocycles. The number of ketones is 1. The minimum atomic E-state index is -5.91. The van der Waals surface area contributed by atoms with E-state index in [1.54, 1.807) is 30.3 Å². The summed E-state index contributed by atoms with van der Waals surface area (Å²) in [6, 6.07) is 12.0. The topological polar surface area (TPSA) is 75.6 Å². The Hall–Kier alpha value is -3.60. The summed E-state index contributed by atoms with van der Waals surface area (Å²) in [6.07, 6.45) is -3.97. The Labute approximate surface area is 256 Å². The van der Waals surface area contributed by atoms with E-state index in [2.05, 4.69) is 5.32 Å². The van der Waals surface area contributed by atoms with Gasteiger partial charge in [0, 0.05) is 23.4 Å². The van der Waals surface area contributed by atoms with Crippen LogP contribution in [0.5, 0.6) is 0 Å². The third-order valence-electron chi connectivity index (χ3n) is 10.6. The summed E-state index contributed by atoms with van der Waals surface area (Å²) in [5.41, 5.74) is -0.514. The molecule has 5 nitrogen and oxygen atoms in total. The Balaban J connectivity index is 1.31. The SMILES string of the molecule is C[C@]12C[C@H](c3ccc(COC(=O)Nc4ccc(F)cc4)cc3)C3=C4CCC(=O)C=C4CC[C@H]3[C@@H]1CC[C@@]2(O)C(F)(F)C(F)(F)F. The van der Waals surface area contributed by atoms with Crippen LogP contribution in [0, 0.1) is 23.1 Å². The zero-order chi connectivity index (χ0) is 32.4. The van der Waals surface area contributed by atoms with Crippen LogP contribution in [0.1, 0.15) is 68.9 Å². The largest absolute Gasteiger partial charge is 0.456 e. The van der Waals surface area contributed by atoms with Crippen LogP contribution >= 0.6 is 0 Å². The molecule has 11 heteroatoms. The van der Waals surface area contributed by atoms with Crippen LogP contribution in [-0.4, -0.2) is 34.7 Å². The van der Waals surface area contributed by atoms with E-state index in [1.807, 2.05) is 0 Å². The second-order valence-electron chi connectivity index (χ2n) is 12.9. The number of carbonyl (C=O) groups is 2. The smallest absolute Gasteiger partial charge is 0.444 e. The number of amides is 1. The third kappa shape index (κ3) is 5.16. The van der Waals surface area contributed by atoms with Gasteiger partial charge in [-0.05, 0) is 103 Å². The van der Waals surface area contributed by atoms with Crippen molar-refractivity contribution >= 4 is 17.6 Å². The maximum absolute atomic E-state index is 15.2. The summed E-state index contributed by atoms with van der Waals surface area (Å²) in [5, 5.41) is 13.9. The molecule has 5 atom stereocenters. The first kappa shape index (κ1) is 31.4. The first-order valence-electron chi connectivity index (χ1n) is 15.1. The van der Waals surface area contributed by atoms with Crippen molar-refractivity contribution in [3.63, 3.8) is 0 Å². The highest BCUT2D eigenvalue weighted by atomic mass is 19.4. The average Bonchev–Trinajstić information content (AvgIpc) is 3.27. The summed E-state index contributed by atoms with van der Waals surface area (Å²) in [6.45, 7) is 1.28. The van der Waals surface area contributed by atoms with Crippen molar-refractivity contribution in [2.24, 2.45) is 17.3 Å². The molecule has 0 unspecified atom stereocenters. The molecule has 240 valence electrons. The number of fused-ring (bicyclic) bond motifs is 4. The van der Waals surface area contributed by atoms with Crippen molar-refractivity contribution in [2.45, 2.75) is 82.1 Å². The molecule has 2 saturated carbocycles. The van der Waals surface area contributed by atoms with Crippen molar-refractivity contribution in [1.82, 2.24) is 0 Å². The van der Waals surface area contributed by atoms with Crippen molar-refractivity contribution in [3.05, 3.63) is 88.3 Å². The molecule has 1 amide bonds. The fraction of sp³-hybridized carbons (Fsp3) is 0.471. The van der Waals surface area contributed by atoms with Crippen LogP contribution < -0.4 is 5.32 Å². The number of anilines is 1. The minimum Gasteiger partial charge on any atom is -0.444 e. The van der Waals surface area contributed by atoms with Crippen LogP contribution in [0.4, 0.5) is 36.8 Å². The Bertz CT molecular complexity index is 1560. The molecule has 0 heterocycles. The maximum atomic E-state index is 15.2. The second-order valence-corrected chi connectivity index (χ2v) is 12.9. The van der Waals surface area contributed by atoms with Gasteiger partial charge in [-0.2, -0.15) is 22.0 Å². The highest BCUT2D eigenvalue weighted by Crippen LogP contribution is 2.70. The molecule has 2 aromatic rings. The van der Waals surface area contributed by atoms with Gasteiger partial charge in [0.1, 0.15) is 18.0 Å². The Morgan fingerprint density at radius 1 is 1.00 bits per heavy atom. The highest BCUT2D eigenvalue weighted by Gasteiger charge is 2.79. The lowest BCUT2D eigenvalue weighted by Gasteiger charge is -2.56. The normalized spacial score (nSPS) is 29.8. The fourth-order valence-electron chi connectivity index (χ4n) is 8.40. The van der Waals surface area contributed by atoms with Crippen molar-refractivity contribution in [3.8, 4) is 0 Å². The van der Waals surface area contributed by atoms with Crippen LogP contribution in [0.2, 0.25) is 0 Å². The quantitative estimate of drug-likeness (QED) is 0.325. The van der Waals surface area contributed by atoms with Gasteiger partial charge < -0.3 is 9.84 Å². The summed E-state index contributed by atoms with van der Waals surface area (Å²) in [4.78, 5) is 24.5. The number of halogens is 6. The number of allylic oxidation sites excluding steroid dienone is 4. The number of aliphatic hydroxyl groups is 1. The number of hydrogen-bond donors (Lipinski definition) is 2. The van der Waals surface area contributed by atoms with Gasteiger partial charge in [-0.25, -0.2) is 9.18 Å². The molecule has 2 N–H and O–H groups in total. The van der Waals surface area contributed by atoms with E-state index < -0.39 is 53.3 Å². The molecule has 0 spiro atoms. The summed E-state index contributed by atoms with van der Waals surface area (Å²) >= 11 is 0. The Kier molecular flexibility index (Phi) is 7.69. The van der Waals surface area contributed by atoms with Gasteiger partial charge in [0.15, 0.2) is 5.78 Å². The van der Waals surface area contributed by atoms with Gasteiger partial charge in [-0.3, -0.25) is 10.1 Å². The number of hydrogen-bond acceptors (Lipinski definition) is 4. The average molecular weight is 634 g/mol. The molecular weight excluding hydrogens is 600 g/mol. The summed E-state index contributed by atoms with van der Waals surface area (Å²) in [5.74, 6) is -7.20. The lowest BCUT2D eigenvalue weighted by molar-refractivity contribution is -0.362. The molecule has 0 aliphatic heterocycles. The number of carbonyl (C=O) groups excluding carboxylic acids is 2. The van der Waals surface area contributed by atoms with Crippen LogP contribution in [0.15, 0.2) is 71.3 Å². The molecule has 4 aliphatic rings. The van der Waals surface area contributed by atoms with Crippen LogP contribution in [0.3, 0.4) is 0 Å². The third-order valence-corrected chi connectivity index (χ3v) is 10.6. The monoisotopic (exact) mass is 633 g/mol. The van der Waals surface area contributed by atoms with Gasteiger partial charge in [0.2, 0.25) is 0 Å². The summed E-state index contributed by atoms with van der Waals surface area (Å²) < 4.78 is 90.0. The van der Waals surface area contributed by atoms with Crippen LogP contribution in [-0.2, 0) is 16.1 Å². The minimum absolute atomic E-state index is 0.0119. The molecule has 6 rings (SSSR count). The fourth-order valence-corrected chi connectivity index (χ4v) is 8.40.